The van der Waals surface area contributed by atoms with Crippen LogP contribution in [0.3, 0.4) is 0 Å². The number of hydrogen-bond donors (Lipinski definition) is 1. The van der Waals surface area contributed by atoms with Gasteiger partial charge in [-0.05, 0) is 49.9 Å². The minimum Gasteiger partial charge on any atom is -0.497 e. The van der Waals surface area contributed by atoms with E-state index in [0.717, 1.165) is 11.9 Å². The molecule has 0 fully saturated rings. The molecule has 0 saturated carbocycles. The second-order valence-corrected chi connectivity index (χ2v) is 9.36. The summed E-state index contributed by atoms with van der Waals surface area (Å²) in [4.78, 5) is 29.2. The molecule has 3 aromatic rings. The van der Waals surface area contributed by atoms with Crippen molar-refractivity contribution >= 4 is 22.8 Å². The fraction of sp³-hybridized carbons (Fsp3) is 0.500. The number of carbonyl (C=O) groups excluding carboxylic acids is 2. The van der Waals surface area contributed by atoms with Crippen molar-refractivity contribution in [3.8, 4) is 11.5 Å². The van der Waals surface area contributed by atoms with E-state index >= 15 is 0 Å². The molecule has 1 atom stereocenters. The van der Waals surface area contributed by atoms with Gasteiger partial charge in [-0.3, -0.25) is 9.59 Å². The molecule has 0 radical (unpaired) electrons. The molecule has 1 aromatic heterocycles. The Labute approximate surface area is 224 Å². The summed E-state index contributed by atoms with van der Waals surface area (Å²) in [5, 5.41) is 11.4. The summed E-state index contributed by atoms with van der Waals surface area (Å²) >= 11 is 0. The molecule has 1 heterocycles. The predicted octanol–water partition coefficient (Wildman–Crippen LogP) is 3.61. The van der Waals surface area contributed by atoms with Crippen molar-refractivity contribution in [1.29, 1.82) is 0 Å². The van der Waals surface area contributed by atoms with E-state index in [-0.39, 0.29) is 18.4 Å². The highest BCUT2D eigenvalue weighted by atomic mass is 16.5. The lowest BCUT2D eigenvalue weighted by molar-refractivity contribution is -0.141. The van der Waals surface area contributed by atoms with Crippen LogP contribution in [0.2, 0.25) is 0 Å². The normalized spacial score (nSPS) is 11.9. The molecule has 3 rings (SSSR count). The first kappa shape index (κ1) is 28.9. The Balaban J connectivity index is 2.00. The molecular formula is C28H39N5O5. The van der Waals surface area contributed by atoms with E-state index in [4.69, 9.17) is 14.2 Å². The first-order chi connectivity index (χ1) is 18.4. The average Bonchev–Trinajstić information content (AvgIpc) is 3.32. The van der Waals surface area contributed by atoms with Gasteiger partial charge in [0.1, 0.15) is 29.6 Å². The summed E-state index contributed by atoms with van der Waals surface area (Å²) in [7, 11) is 3.10. The molecule has 1 N–H and O–H groups in total. The number of hydrogen-bond acceptors (Lipinski definition) is 7. The Morgan fingerprint density at radius 3 is 2.61 bits per heavy atom. The van der Waals surface area contributed by atoms with Crippen molar-refractivity contribution in [2.45, 2.75) is 46.2 Å². The Hall–Kier alpha value is -3.66. The van der Waals surface area contributed by atoms with Crippen LogP contribution in [0, 0.1) is 5.92 Å². The molecular weight excluding hydrogens is 486 g/mol. The van der Waals surface area contributed by atoms with Crippen molar-refractivity contribution in [3.05, 3.63) is 48.0 Å². The second-order valence-electron chi connectivity index (χ2n) is 9.36. The largest absolute Gasteiger partial charge is 0.497 e. The molecule has 0 aliphatic heterocycles. The van der Waals surface area contributed by atoms with Crippen molar-refractivity contribution in [2.75, 3.05) is 40.5 Å². The topological polar surface area (TPSA) is 108 Å². The highest BCUT2D eigenvalue weighted by Gasteiger charge is 2.34. The Morgan fingerprint density at radius 1 is 1.11 bits per heavy atom. The number of carbonyl (C=O) groups is 2. The molecule has 10 nitrogen and oxygen atoms in total. The van der Waals surface area contributed by atoms with Gasteiger partial charge in [0, 0.05) is 37.9 Å². The fourth-order valence-electron chi connectivity index (χ4n) is 4.21. The van der Waals surface area contributed by atoms with E-state index in [2.05, 4.69) is 29.5 Å². The number of methoxy groups -OCH3 is 2. The summed E-state index contributed by atoms with van der Waals surface area (Å²) in [5.41, 5.74) is 2.02. The first-order valence-corrected chi connectivity index (χ1v) is 13.0. The number of amides is 2. The molecule has 2 amide bonds. The molecule has 2 aromatic carbocycles. The van der Waals surface area contributed by atoms with Crippen LogP contribution in [0.25, 0.3) is 11.0 Å². The fourth-order valence-corrected chi connectivity index (χ4v) is 4.21. The highest BCUT2D eigenvalue weighted by molar-refractivity contribution is 5.90. The zero-order chi connectivity index (χ0) is 27.5. The van der Waals surface area contributed by atoms with Crippen LogP contribution in [0.5, 0.6) is 11.5 Å². The van der Waals surface area contributed by atoms with E-state index < -0.39 is 6.04 Å². The lowest BCUT2D eigenvalue weighted by Gasteiger charge is -2.32. The molecule has 0 saturated heterocycles. The highest BCUT2D eigenvalue weighted by Crippen LogP contribution is 2.33. The maximum atomic E-state index is 13.9. The van der Waals surface area contributed by atoms with Crippen LogP contribution in [-0.2, 0) is 20.9 Å². The monoisotopic (exact) mass is 525 g/mol. The zero-order valence-electron chi connectivity index (χ0n) is 23.0. The summed E-state index contributed by atoms with van der Waals surface area (Å²) in [6.07, 6.45) is 1.38. The number of rotatable bonds is 15. The quantitative estimate of drug-likeness (QED) is 0.302. The van der Waals surface area contributed by atoms with Gasteiger partial charge in [0.15, 0.2) is 0 Å². The molecule has 10 heteroatoms. The van der Waals surface area contributed by atoms with Crippen molar-refractivity contribution in [3.63, 3.8) is 0 Å². The van der Waals surface area contributed by atoms with Gasteiger partial charge < -0.3 is 24.4 Å². The van der Waals surface area contributed by atoms with Gasteiger partial charge in [-0.1, -0.05) is 31.2 Å². The van der Waals surface area contributed by atoms with Gasteiger partial charge in [0.2, 0.25) is 11.8 Å². The van der Waals surface area contributed by atoms with E-state index in [1.54, 1.807) is 34.9 Å². The lowest BCUT2D eigenvalue weighted by Crippen LogP contribution is -2.46. The molecule has 0 spiro atoms. The molecule has 0 bridgehead atoms. The summed E-state index contributed by atoms with van der Waals surface area (Å²) in [6, 6.07) is 11.8. The van der Waals surface area contributed by atoms with Crippen LogP contribution in [-0.4, -0.2) is 72.2 Å². The second kappa shape index (κ2) is 14.3. The smallest absolute Gasteiger partial charge is 0.247 e. The third kappa shape index (κ3) is 7.44. The minimum absolute atomic E-state index is 0.0661. The van der Waals surface area contributed by atoms with Crippen LogP contribution < -0.4 is 14.8 Å². The molecule has 0 aliphatic carbocycles. The number of ether oxygens (including phenoxy) is 3. The molecule has 0 aliphatic rings. The first-order valence-electron chi connectivity index (χ1n) is 13.0. The van der Waals surface area contributed by atoms with E-state index in [9.17, 15) is 9.59 Å². The third-order valence-corrected chi connectivity index (χ3v) is 6.23. The van der Waals surface area contributed by atoms with Gasteiger partial charge in [-0.2, -0.15) is 0 Å². The Kier molecular flexibility index (Phi) is 10.9. The summed E-state index contributed by atoms with van der Waals surface area (Å²) < 4.78 is 18.1. The SMILES string of the molecule is CCOCCCN(C(=O)Cn1nnc2ccccc21)C(C(=O)NCCC(C)C)c1ccc(OC)cc1OC. The third-order valence-electron chi connectivity index (χ3n) is 6.23. The summed E-state index contributed by atoms with van der Waals surface area (Å²) in [5.74, 6) is 0.935. The van der Waals surface area contributed by atoms with Crippen molar-refractivity contribution in [1.82, 2.24) is 25.2 Å². The Morgan fingerprint density at radius 2 is 1.89 bits per heavy atom. The number of benzene rings is 2. The minimum atomic E-state index is -0.924. The van der Waals surface area contributed by atoms with E-state index in [0.29, 0.717) is 61.2 Å². The maximum absolute atomic E-state index is 13.9. The molecule has 1 unspecified atom stereocenters. The molecule has 38 heavy (non-hydrogen) atoms. The van der Waals surface area contributed by atoms with Gasteiger partial charge in [0.25, 0.3) is 0 Å². The van der Waals surface area contributed by atoms with Crippen LogP contribution >= 0.6 is 0 Å². The summed E-state index contributed by atoms with van der Waals surface area (Å²) in [6.45, 7) is 7.90. The number of fused-ring (bicyclic) bond motifs is 1. The maximum Gasteiger partial charge on any atom is 0.247 e. The lowest BCUT2D eigenvalue weighted by atomic mass is 10.0. The van der Waals surface area contributed by atoms with Crippen molar-refractivity contribution < 1.29 is 23.8 Å². The number of nitrogens with one attached hydrogen (secondary N) is 1. The predicted molar refractivity (Wildman–Crippen MR) is 145 cm³/mol. The van der Waals surface area contributed by atoms with Gasteiger partial charge >= 0.3 is 0 Å². The molecule has 206 valence electrons. The van der Waals surface area contributed by atoms with E-state index in [1.165, 1.54) is 7.11 Å². The number of para-hydroxylation sites is 1. The standard InChI is InChI=1S/C28H39N5O5/c1-6-38-17-9-16-32(26(34)19-33-24-11-8-7-10-23(24)30-31-33)27(28(35)29-15-14-20(2)3)22-13-12-21(36-4)18-25(22)37-5/h7-8,10-13,18,20,27H,6,9,14-17,19H2,1-5H3,(H,29,35). The van der Waals surface area contributed by atoms with Gasteiger partial charge in [-0.25, -0.2) is 4.68 Å². The van der Waals surface area contributed by atoms with Gasteiger partial charge in [-0.15, -0.1) is 5.10 Å². The number of aromatic nitrogens is 3. The van der Waals surface area contributed by atoms with Gasteiger partial charge in [0.05, 0.1) is 19.7 Å². The van der Waals surface area contributed by atoms with Crippen molar-refractivity contribution in [2.24, 2.45) is 5.92 Å². The van der Waals surface area contributed by atoms with Crippen LogP contribution in [0.1, 0.15) is 45.2 Å². The van der Waals surface area contributed by atoms with E-state index in [1.807, 2.05) is 31.2 Å². The number of nitrogens with zero attached hydrogens (tertiary/aromatic N) is 4. The van der Waals surface area contributed by atoms with Crippen LogP contribution in [0.15, 0.2) is 42.5 Å². The Bertz CT molecular complexity index is 1200. The average molecular weight is 526 g/mol. The van der Waals surface area contributed by atoms with Crippen LogP contribution in [0.4, 0.5) is 0 Å². The zero-order valence-corrected chi connectivity index (χ0v) is 23.0.